The van der Waals surface area contributed by atoms with Crippen LogP contribution in [0.25, 0.3) is 0 Å². The maximum atomic E-state index is 12.5. The molecule has 0 fully saturated rings. The van der Waals surface area contributed by atoms with Gasteiger partial charge in [0.25, 0.3) is 10.0 Å². The van der Waals surface area contributed by atoms with Gasteiger partial charge in [0.2, 0.25) is 0 Å². The number of thiophene rings is 1. The molecule has 2 aromatic rings. The van der Waals surface area contributed by atoms with E-state index in [-0.39, 0.29) is 9.09 Å². The molecule has 0 aliphatic rings. The molecule has 0 bridgehead atoms. The molecular weight excluding hydrogens is 298 g/mol. The molecule has 1 heterocycles. The second-order valence-corrected chi connectivity index (χ2v) is 7.46. The molecule has 0 atom stereocenters. The van der Waals surface area contributed by atoms with Gasteiger partial charge in [0.1, 0.15) is 9.09 Å². The number of carbonyl (C=O) groups is 1. The van der Waals surface area contributed by atoms with Gasteiger partial charge in [-0.15, -0.1) is 11.3 Å². The third kappa shape index (κ3) is 2.54. The Morgan fingerprint density at radius 1 is 1.20 bits per heavy atom. The van der Waals surface area contributed by atoms with Crippen molar-refractivity contribution in [2.45, 2.75) is 11.1 Å². The maximum absolute atomic E-state index is 12.5. The van der Waals surface area contributed by atoms with Gasteiger partial charge in [-0.3, -0.25) is 4.31 Å². The van der Waals surface area contributed by atoms with Crippen LogP contribution in [-0.2, 0) is 10.0 Å². The molecule has 1 aromatic heterocycles. The number of aromatic carboxylic acids is 1. The van der Waals surface area contributed by atoms with Crippen molar-refractivity contribution >= 4 is 33.0 Å². The molecule has 0 saturated heterocycles. The molecule has 0 amide bonds. The lowest BCUT2D eigenvalue weighted by molar-refractivity contribution is 0.0702. The first-order valence-electron chi connectivity index (χ1n) is 5.71. The minimum Gasteiger partial charge on any atom is -0.477 e. The van der Waals surface area contributed by atoms with Crippen molar-refractivity contribution in [3.05, 3.63) is 46.8 Å². The summed E-state index contributed by atoms with van der Waals surface area (Å²) in [6.45, 7) is 1.82. The summed E-state index contributed by atoms with van der Waals surface area (Å²) in [5.74, 6) is -1.13. The van der Waals surface area contributed by atoms with Gasteiger partial charge in [-0.2, -0.15) is 0 Å². The van der Waals surface area contributed by atoms with Crippen molar-refractivity contribution in [1.29, 1.82) is 0 Å². The van der Waals surface area contributed by atoms with Crippen LogP contribution in [-0.4, -0.2) is 26.5 Å². The smallest absolute Gasteiger partial charge is 0.345 e. The normalized spacial score (nSPS) is 11.3. The van der Waals surface area contributed by atoms with Gasteiger partial charge in [0, 0.05) is 7.05 Å². The molecule has 2 rings (SSSR count). The summed E-state index contributed by atoms with van der Waals surface area (Å²) in [6, 6.07) is 9.72. The molecule has 0 aliphatic carbocycles. The zero-order valence-corrected chi connectivity index (χ0v) is 12.5. The van der Waals surface area contributed by atoms with E-state index in [1.807, 2.05) is 19.1 Å². The molecule has 1 N–H and O–H groups in total. The van der Waals surface area contributed by atoms with Crippen molar-refractivity contribution in [3.8, 4) is 0 Å². The number of para-hydroxylation sites is 1. The first-order chi connectivity index (χ1) is 9.34. The Labute approximate surface area is 121 Å². The molecule has 7 heteroatoms. The quantitative estimate of drug-likeness (QED) is 0.941. The highest BCUT2D eigenvalue weighted by Gasteiger charge is 2.25. The SMILES string of the molecule is Cc1ccccc1N(C)S(=O)(=O)c1ccc(C(=O)O)s1. The Bertz CT molecular complexity index is 749. The topological polar surface area (TPSA) is 74.7 Å². The van der Waals surface area contributed by atoms with Gasteiger partial charge >= 0.3 is 5.97 Å². The van der Waals surface area contributed by atoms with E-state index in [9.17, 15) is 13.2 Å². The van der Waals surface area contributed by atoms with Crippen molar-refractivity contribution in [3.63, 3.8) is 0 Å². The van der Waals surface area contributed by atoms with E-state index in [0.717, 1.165) is 16.9 Å². The maximum Gasteiger partial charge on any atom is 0.345 e. The lowest BCUT2D eigenvalue weighted by Gasteiger charge is -2.20. The van der Waals surface area contributed by atoms with E-state index < -0.39 is 16.0 Å². The van der Waals surface area contributed by atoms with Gasteiger partial charge in [0.05, 0.1) is 5.69 Å². The van der Waals surface area contributed by atoms with E-state index in [0.29, 0.717) is 5.69 Å². The Morgan fingerprint density at radius 2 is 1.85 bits per heavy atom. The number of hydrogen-bond donors (Lipinski definition) is 1. The van der Waals surface area contributed by atoms with E-state index in [2.05, 4.69) is 0 Å². The fraction of sp³-hybridized carbons (Fsp3) is 0.154. The number of aryl methyl sites for hydroxylation is 1. The first-order valence-corrected chi connectivity index (χ1v) is 7.97. The Morgan fingerprint density at radius 3 is 2.40 bits per heavy atom. The predicted molar refractivity (Wildman–Crippen MR) is 78.0 cm³/mol. The zero-order valence-electron chi connectivity index (χ0n) is 10.9. The van der Waals surface area contributed by atoms with Crippen LogP contribution in [0.1, 0.15) is 15.2 Å². The summed E-state index contributed by atoms with van der Waals surface area (Å²) in [6.07, 6.45) is 0. The highest BCUT2D eigenvalue weighted by molar-refractivity contribution is 7.94. The van der Waals surface area contributed by atoms with E-state index >= 15 is 0 Å². The van der Waals surface area contributed by atoms with Crippen molar-refractivity contribution < 1.29 is 18.3 Å². The predicted octanol–water partition coefficient (Wildman–Crippen LogP) is 2.58. The Balaban J connectivity index is 2.44. The Kier molecular flexibility index (Phi) is 3.82. The molecule has 0 unspecified atom stereocenters. The van der Waals surface area contributed by atoms with Crippen LogP contribution in [0.5, 0.6) is 0 Å². The summed E-state index contributed by atoms with van der Waals surface area (Å²) in [5.41, 5.74) is 1.39. The van der Waals surface area contributed by atoms with Gasteiger partial charge in [-0.1, -0.05) is 18.2 Å². The van der Waals surface area contributed by atoms with E-state index in [1.165, 1.54) is 23.5 Å². The van der Waals surface area contributed by atoms with E-state index in [4.69, 9.17) is 5.11 Å². The average molecular weight is 311 g/mol. The molecule has 0 spiro atoms. The summed E-state index contributed by atoms with van der Waals surface area (Å²) in [7, 11) is -2.28. The van der Waals surface area contributed by atoms with Crippen LogP contribution in [0.3, 0.4) is 0 Å². The van der Waals surface area contributed by atoms with Crippen LogP contribution in [0.15, 0.2) is 40.6 Å². The van der Waals surface area contributed by atoms with Crippen LogP contribution >= 0.6 is 11.3 Å². The Hall–Kier alpha value is -1.86. The molecule has 0 radical (unpaired) electrons. The van der Waals surface area contributed by atoms with E-state index in [1.54, 1.807) is 12.1 Å². The highest BCUT2D eigenvalue weighted by Crippen LogP contribution is 2.29. The lowest BCUT2D eigenvalue weighted by atomic mass is 10.2. The zero-order chi connectivity index (χ0) is 14.9. The van der Waals surface area contributed by atoms with Crippen molar-refractivity contribution in [2.24, 2.45) is 0 Å². The largest absolute Gasteiger partial charge is 0.477 e. The molecule has 0 aliphatic heterocycles. The molecule has 106 valence electrons. The average Bonchev–Trinajstić information content (AvgIpc) is 2.89. The third-order valence-electron chi connectivity index (χ3n) is 2.86. The minimum atomic E-state index is -3.74. The van der Waals surface area contributed by atoms with Gasteiger partial charge < -0.3 is 5.11 Å². The fourth-order valence-electron chi connectivity index (χ4n) is 1.75. The van der Waals surface area contributed by atoms with Gasteiger partial charge in [-0.25, -0.2) is 13.2 Å². The number of benzene rings is 1. The van der Waals surface area contributed by atoms with Crippen LogP contribution < -0.4 is 4.31 Å². The van der Waals surface area contributed by atoms with Crippen LogP contribution in [0, 0.1) is 6.92 Å². The number of nitrogens with zero attached hydrogens (tertiary/aromatic N) is 1. The van der Waals surface area contributed by atoms with Crippen molar-refractivity contribution in [1.82, 2.24) is 0 Å². The molecule has 1 aromatic carbocycles. The number of hydrogen-bond acceptors (Lipinski definition) is 4. The standard InChI is InChI=1S/C13H13NO4S2/c1-9-5-3-4-6-10(9)14(2)20(17,18)12-8-7-11(19-12)13(15)16/h3-8H,1-2H3,(H,15,16). The fourth-order valence-corrected chi connectivity index (χ4v) is 4.33. The number of carboxylic acids is 1. The lowest BCUT2D eigenvalue weighted by Crippen LogP contribution is -2.26. The van der Waals surface area contributed by atoms with Crippen LogP contribution in [0.2, 0.25) is 0 Å². The molecular formula is C13H13NO4S2. The summed E-state index contributed by atoms with van der Waals surface area (Å²) >= 11 is 0.748. The van der Waals surface area contributed by atoms with Crippen LogP contribution in [0.4, 0.5) is 5.69 Å². The number of rotatable bonds is 4. The number of sulfonamides is 1. The minimum absolute atomic E-state index is 0.00163. The molecule has 20 heavy (non-hydrogen) atoms. The van der Waals surface area contributed by atoms with Gasteiger partial charge in [-0.05, 0) is 30.7 Å². The summed E-state index contributed by atoms with van der Waals surface area (Å²) in [5, 5.41) is 8.87. The number of carboxylic acid groups (broad SMARTS) is 1. The first kappa shape index (κ1) is 14.5. The second kappa shape index (κ2) is 5.26. The monoisotopic (exact) mass is 311 g/mol. The second-order valence-electron chi connectivity index (χ2n) is 4.18. The van der Waals surface area contributed by atoms with Gasteiger partial charge in [0.15, 0.2) is 0 Å². The highest BCUT2D eigenvalue weighted by atomic mass is 32.2. The summed E-state index contributed by atoms with van der Waals surface area (Å²) in [4.78, 5) is 10.8. The van der Waals surface area contributed by atoms with Crippen molar-refractivity contribution in [2.75, 3.05) is 11.4 Å². The summed E-state index contributed by atoms with van der Waals surface area (Å²) < 4.78 is 26.1. The third-order valence-corrected chi connectivity index (χ3v) is 6.17. The molecule has 0 saturated carbocycles. The molecule has 5 nitrogen and oxygen atoms in total. The number of anilines is 1.